The van der Waals surface area contributed by atoms with E-state index in [-0.39, 0.29) is 5.57 Å². The normalized spacial score (nSPS) is 11.0. The number of carbonyl (C=O) groups excluding carboxylic acids is 1. The molecule has 0 aromatic heterocycles. The first kappa shape index (κ1) is 19.5. The standard InChI is InChI=1S/C22H17BrN2O3/c1-27-20-11-14(10-19(23)21(20)28-2)9-17(13-24)22(26)25-18-8-7-15-5-3-4-6-16(15)12-18/h3-12H,1-2H3,(H,25,26)/b17-9+. The second kappa shape index (κ2) is 8.59. The van der Waals surface area contributed by atoms with Crippen molar-refractivity contribution in [3.8, 4) is 17.6 Å². The first-order valence-corrected chi connectivity index (χ1v) is 9.18. The molecule has 1 amide bonds. The minimum Gasteiger partial charge on any atom is -0.493 e. The van der Waals surface area contributed by atoms with Crippen molar-refractivity contribution in [2.75, 3.05) is 19.5 Å². The van der Waals surface area contributed by atoms with E-state index in [1.165, 1.54) is 20.3 Å². The Labute approximate surface area is 171 Å². The quantitative estimate of drug-likeness (QED) is 0.442. The Morgan fingerprint density at radius 1 is 1.07 bits per heavy atom. The molecule has 0 unspecified atom stereocenters. The predicted molar refractivity (Wildman–Crippen MR) is 113 cm³/mol. The van der Waals surface area contributed by atoms with Crippen LogP contribution in [0.15, 0.2) is 64.6 Å². The van der Waals surface area contributed by atoms with Gasteiger partial charge in [-0.05, 0) is 62.6 Å². The molecule has 0 heterocycles. The lowest BCUT2D eigenvalue weighted by Gasteiger charge is -2.11. The summed E-state index contributed by atoms with van der Waals surface area (Å²) in [5, 5.41) is 14.3. The molecule has 5 nitrogen and oxygen atoms in total. The number of rotatable bonds is 5. The number of hydrogen-bond acceptors (Lipinski definition) is 4. The summed E-state index contributed by atoms with van der Waals surface area (Å²) in [5.74, 6) is 0.554. The summed E-state index contributed by atoms with van der Waals surface area (Å²) in [7, 11) is 3.06. The molecule has 0 bridgehead atoms. The number of nitriles is 1. The van der Waals surface area contributed by atoms with Gasteiger partial charge in [-0.15, -0.1) is 0 Å². The van der Waals surface area contributed by atoms with Crippen molar-refractivity contribution in [3.63, 3.8) is 0 Å². The average Bonchev–Trinajstić information content (AvgIpc) is 2.71. The van der Waals surface area contributed by atoms with Gasteiger partial charge < -0.3 is 14.8 Å². The van der Waals surface area contributed by atoms with Crippen LogP contribution < -0.4 is 14.8 Å². The van der Waals surface area contributed by atoms with Gasteiger partial charge in [-0.2, -0.15) is 5.26 Å². The molecule has 140 valence electrons. The van der Waals surface area contributed by atoms with E-state index < -0.39 is 5.91 Å². The topological polar surface area (TPSA) is 71.3 Å². The highest BCUT2D eigenvalue weighted by Gasteiger charge is 2.13. The van der Waals surface area contributed by atoms with Gasteiger partial charge in [-0.3, -0.25) is 4.79 Å². The monoisotopic (exact) mass is 436 g/mol. The first-order chi connectivity index (χ1) is 13.5. The van der Waals surface area contributed by atoms with Crippen LogP contribution in [0, 0.1) is 11.3 Å². The lowest BCUT2D eigenvalue weighted by Crippen LogP contribution is -2.13. The summed E-state index contributed by atoms with van der Waals surface area (Å²) in [6, 6.07) is 18.9. The molecule has 3 aromatic rings. The number of methoxy groups -OCH3 is 2. The van der Waals surface area contributed by atoms with Crippen molar-refractivity contribution in [1.29, 1.82) is 5.26 Å². The highest BCUT2D eigenvalue weighted by molar-refractivity contribution is 9.10. The maximum Gasteiger partial charge on any atom is 0.266 e. The van der Waals surface area contributed by atoms with Gasteiger partial charge in [-0.1, -0.05) is 30.3 Å². The fourth-order valence-corrected chi connectivity index (χ4v) is 3.42. The zero-order chi connectivity index (χ0) is 20.1. The molecule has 0 saturated heterocycles. The van der Waals surface area contributed by atoms with Gasteiger partial charge in [0.2, 0.25) is 0 Å². The fraction of sp³-hybridized carbons (Fsp3) is 0.0909. The van der Waals surface area contributed by atoms with Crippen LogP contribution in [0.4, 0.5) is 5.69 Å². The predicted octanol–water partition coefficient (Wildman–Crippen LogP) is 5.17. The van der Waals surface area contributed by atoms with Crippen molar-refractivity contribution >= 4 is 44.4 Å². The van der Waals surface area contributed by atoms with Crippen LogP contribution in [-0.4, -0.2) is 20.1 Å². The Hall–Kier alpha value is -3.30. The van der Waals surface area contributed by atoms with Gasteiger partial charge >= 0.3 is 0 Å². The van der Waals surface area contributed by atoms with Crippen LogP contribution in [0.2, 0.25) is 0 Å². The minimum atomic E-state index is -0.483. The lowest BCUT2D eigenvalue weighted by molar-refractivity contribution is -0.112. The molecule has 0 saturated carbocycles. The van der Waals surface area contributed by atoms with Crippen molar-refractivity contribution in [3.05, 3.63) is 70.2 Å². The molecule has 1 N–H and O–H groups in total. The summed E-state index contributed by atoms with van der Waals surface area (Å²) in [6.45, 7) is 0. The molecule has 0 aliphatic rings. The number of benzene rings is 3. The number of nitrogens with one attached hydrogen (secondary N) is 1. The number of carbonyl (C=O) groups is 1. The summed E-state index contributed by atoms with van der Waals surface area (Å²) >= 11 is 3.41. The van der Waals surface area contributed by atoms with E-state index in [4.69, 9.17) is 9.47 Å². The van der Waals surface area contributed by atoms with Crippen molar-refractivity contribution in [1.82, 2.24) is 0 Å². The molecule has 6 heteroatoms. The van der Waals surface area contributed by atoms with Crippen molar-refractivity contribution in [2.45, 2.75) is 0 Å². The number of nitrogens with zero attached hydrogens (tertiary/aromatic N) is 1. The van der Waals surface area contributed by atoms with Crippen LogP contribution in [0.25, 0.3) is 16.8 Å². The molecule has 3 aromatic carbocycles. The van der Waals surface area contributed by atoms with Gasteiger partial charge in [0.1, 0.15) is 11.6 Å². The third-order valence-corrected chi connectivity index (χ3v) is 4.73. The Kier molecular flexibility index (Phi) is 5.97. The average molecular weight is 437 g/mol. The lowest BCUT2D eigenvalue weighted by atomic mass is 10.1. The minimum absolute atomic E-state index is 0.0210. The number of hydrogen-bond donors (Lipinski definition) is 1. The van der Waals surface area contributed by atoms with E-state index in [0.717, 1.165) is 10.8 Å². The zero-order valence-corrected chi connectivity index (χ0v) is 16.9. The fourth-order valence-electron chi connectivity index (χ4n) is 2.80. The van der Waals surface area contributed by atoms with E-state index in [1.807, 2.05) is 48.5 Å². The molecule has 0 radical (unpaired) electrons. The van der Waals surface area contributed by atoms with E-state index >= 15 is 0 Å². The molecular formula is C22H17BrN2O3. The molecule has 0 aliphatic carbocycles. The van der Waals surface area contributed by atoms with Crippen LogP contribution in [0.5, 0.6) is 11.5 Å². The molecule has 0 fully saturated rings. The van der Waals surface area contributed by atoms with Gasteiger partial charge in [0.05, 0.1) is 18.7 Å². The summed E-state index contributed by atoms with van der Waals surface area (Å²) < 4.78 is 11.2. The second-order valence-corrected chi connectivity index (χ2v) is 6.78. The van der Waals surface area contributed by atoms with Crippen LogP contribution in [0.3, 0.4) is 0 Å². The second-order valence-electron chi connectivity index (χ2n) is 5.92. The third kappa shape index (κ3) is 4.16. The van der Waals surface area contributed by atoms with Gasteiger partial charge in [0.25, 0.3) is 5.91 Å². The Morgan fingerprint density at radius 3 is 2.50 bits per heavy atom. The number of ether oxygens (including phenoxy) is 2. The van der Waals surface area contributed by atoms with E-state index in [2.05, 4.69) is 21.2 Å². The van der Waals surface area contributed by atoms with Crippen LogP contribution >= 0.6 is 15.9 Å². The third-order valence-electron chi connectivity index (χ3n) is 4.14. The van der Waals surface area contributed by atoms with Gasteiger partial charge in [0, 0.05) is 5.69 Å². The summed E-state index contributed by atoms with van der Waals surface area (Å²) in [4.78, 5) is 12.6. The summed E-state index contributed by atoms with van der Waals surface area (Å²) in [6.07, 6.45) is 1.50. The number of fused-ring (bicyclic) bond motifs is 1. The molecule has 0 spiro atoms. The summed E-state index contributed by atoms with van der Waals surface area (Å²) in [5.41, 5.74) is 1.24. The number of amides is 1. The smallest absolute Gasteiger partial charge is 0.266 e. The molecular weight excluding hydrogens is 420 g/mol. The van der Waals surface area contributed by atoms with Crippen LogP contribution in [-0.2, 0) is 4.79 Å². The Morgan fingerprint density at radius 2 is 1.82 bits per heavy atom. The number of anilines is 1. The van der Waals surface area contributed by atoms with Crippen molar-refractivity contribution < 1.29 is 14.3 Å². The van der Waals surface area contributed by atoms with Crippen LogP contribution in [0.1, 0.15) is 5.56 Å². The molecule has 0 atom stereocenters. The van der Waals surface area contributed by atoms with Crippen molar-refractivity contribution in [2.24, 2.45) is 0 Å². The Balaban J connectivity index is 1.88. The van der Waals surface area contributed by atoms with E-state index in [1.54, 1.807) is 12.1 Å². The molecule has 3 rings (SSSR count). The molecule has 28 heavy (non-hydrogen) atoms. The number of halogens is 1. The van der Waals surface area contributed by atoms with Gasteiger partial charge in [0.15, 0.2) is 11.5 Å². The highest BCUT2D eigenvalue weighted by atomic mass is 79.9. The SMILES string of the molecule is COc1cc(/C=C(\C#N)C(=O)Nc2ccc3ccccc3c2)cc(Br)c1OC. The maximum atomic E-state index is 12.6. The zero-order valence-electron chi connectivity index (χ0n) is 15.3. The highest BCUT2D eigenvalue weighted by Crippen LogP contribution is 2.36. The molecule has 0 aliphatic heterocycles. The maximum absolute atomic E-state index is 12.6. The Bertz CT molecular complexity index is 1120. The van der Waals surface area contributed by atoms with Gasteiger partial charge in [-0.25, -0.2) is 0 Å². The first-order valence-electron chi connectivity index (χ1n) is 8.39. The largest absolute Gasteiger partial charge is 0.493 e. The van der Waals surface area contributed by atoms with E-state index in [0.29, 0.717) is 27.2 Å². The van der Waals surface area contributed by atoms with E-state index in [9.17, 15) is 10.1 Å².